The zero-order valence-corrected chi connectivity index (χ0v) is 69.1. The highest BCUT2D eigenvalue weighted by atomic mass is 16.5. The summed E-state index contributed by atoms with van der Waals surface area (Å²) in [4.78, 5) is 9.57. The van der Waals surface area contributed by atoms with Crippen LogP contribution >= 0.6 is 0 Å². The van der Waals surface area contributed by atoms with Crippen molar-refractivity contribution in [2.75, 3.05) is 54.4 Å². The standard InChI is InChI=1S/C25H33N3O.2C23H35N3O.C21H31N3O/c1-5-6-16-27(4)18-23-19-28(17-21-10-8-7-9-11-21)26-25(23)22-12-14-24(15-13-22)29-20(2)3;1-5-6-15-25(4)16-20-17-26(21-9-7-8-10-21)24-23(20)19-11-13-22(14-12-19)27-18(2)3;1-5-6-15-25(4)17-20-16-24-26(21-9-7-8-10-21)23(20)19-11-13-22(14-12-19)27-18(2)3;1-6-8-14-23(5)15-19-16-24(13-7-2)22-21(19)18-9-11-20(12-10-18)25-17(3)4/h7-15,19-20H,5-6,16-18H2,1-4H3;11-14,17-18,21H,5-10,15-16H2,1-4H3;11-14,16,18,21H,5-10,15,17H2,1-4H3;7,9-12,16-17H,2,6,8,13-15H2,1,3-5H3. The molecule has 4 heterocycles. The number of aromatic nitrogens is 8. The highest BCUT2D eigenvalue weighted by molar-refractivity contribution is 5.67. The maximum atomic E-state index is 5.83. The maximum Gasteiger partial charge on any atom is 0.119 e. The Labute approximate surface area is 650 Å². The Hall–Kier alpha value is -8.28. The first-order chi connectivity index (χ1) is 52.2. The van der Waals surface area contributed by atoms with Gasteiger partial charge in [0.15, 0.2) is 0 Å². The molecule has 2 saturated carbocycles. The minimum atomic E-state index is 0.175. The third-order valence-corrected chi connectivity index (χ3v) is 19.6. The number of rotatable bonds is 38. The lowest BCUT2D eigenvalue weighted by Gasteiger charge is -2.19. The summed E-state index contributed by atoms with van der Waals surface area (Å²) in [5.74, 6) is 3.65. The van der Waals surface area contributed by atoms with Gasteiger partial charge in [-0.05, 0) is 264 Å². The molecule has 0 aliphatic heterocycles. The zero-order valence-electron chi connectivity index (χ0n) is 69.1. The van der Waals surface area contributed by atoms with E-state index in [-0.39, 0.29) is 24.4 Å². The molecule has 16 heteroatoms. The summed E-state index contributed by atoms with van der Waals surface area (Å²) in [5, 5.41) is 19.6. The number of hydrogen-bond acceptors (Lipinski definition) is 12. The van der Waals surface area contributed by atoms with E-state index in [0.717, 1.165) is 117 Å². The van der Waals surface area contributed by atoms with Gasteiger partial charge in [-0.25, -0.2) is 0 Å². The molecule has 0 amide bonds. The van der Waals surface area contributed by atoms with Crippen LogP contribution in [0.1, 0.15) is 226 Å². The van der Waals surface area contributed by atoms with Gasteiger partial charge in [-0.1, -0.05) is 115 Å². The van der Waals surface area contributed by atoms with E-state index in [1.54, 1.807) is 0 Å². The second-order valence-electron chi connectivity index (χ2n) is 31.2. The molecule has 5 aromatic carbocycles. The number of benzene rings is 5. The first-order valence-corrected chi connectivity index (χ1v) is 41.0. The SMILES string of the molecule is C=CCn1cc(CN(C)CCCC)c(-c2ccc(OC(C)C)cc2)n1.CCCCN(C)Cc1cn(C2CCCC2)nc1-c1ccc(OC(C)C)cc1.CCCCN(C)Cc1cn(Cc2ccccc2)nc1-c1ccc(OC(C)C)cc1.CCCCN(C)Cc1cnn(C2CCCC2)c1-c1ccc(OC(C)C)cc1. The van der Waals surface area contributed by atoms with Crippen LogP contribution in [0.25, 0.3) is 45.0 Å². The summed E-state index contributed by atoms with van der Waals surface area (Å²) in [5.41, 5.74) is 15.6. The Morgan fingerprint density at radius 2 is 0.759 bits per heavy atom. The molecular weight excluding hydrogens is 1340 g/mol. The van der Waals surface area contributed by atoms with Gasteiger partial charge in [0.25, 0.3) is 0 Å². The predicted molar refractivity (Wildman–Crippen MR) is 449 cm³/mol. The molecule has 0 saturated heterocycles. The van der Waals surface area contributed by atoms with Gasteiger partial charge in [-0.3, -0.25) is 18.7 Å². The van der Waals surface area contributed by atoms with Crippen molar-refractivity contribution in [1.29, 1.82) is 0 Å². The van der Waals surface area contributed by atoms with Crippen molar-refractivity contribution < 1.29 is 18.9 Å². The van der Waals surface area contributed by atoms with Crippen LogP contribution in [0, 0.1) is 0 Å². The first-order valence-electron chi connectivity index (χ1n) is 41.0. The lowest BCUT2D eigenvalue weighted by molar-refractivity contribution is 0.242. The number of unbranched alkanes of at least 4 members (excludes halogenated alkanes) is 4. The van der Waals surface area contributed by atoms with E-state index in [2.05, 4.69) is 246 Å². The molecule has 0 unspecified atom stereocenters. The quantitative estimate of drug-likeness (QED) is 0.0343. The van der Waals surface area contributed by atoms with E-state index in [9.17, 15) is 0 Å². The summed E-state index contributed by atoms with van der Waals surface area (Å²) >= 11 is 0. The van der Waals surface area contributed by atoms with Crippen molar-refractivity contribution >= 4 is 0 Å². The van der Waals surface area contributed by atoms with E-state index >= 15 is 0 Å². The molecule has 9 aromatic rings. The van der Waals surface area contributed by atoms with Crippen LogP contribution in [0.15, 0.2) is 165 Å². The van der Waals surface area contributed by atoms with Crippen molar-refractivity contribution in [3.8, 4) is 68.0 Å². The fourth-order valence-electron chi connectivity index (χ4n) is 14.2. The van der Waals surface area contributed by atoms with Crippen LogP contribution in [0.2, 0.25) is 0 Å². The zero-order chi connectivity index (χ0) is 77.3. The van der Waals surface area contributed by atoms with E-state index < -0.39 is 0 Å². The fourth-order valence-corrected chi connectivity index (χ4v) is 14.2. The van der Waals surface area contributed by atoms with E-state index in [4.69, 9.17) is 39.3 Å². The Morgan fingerprint density at radius 1 is 0.417 bits per heavy atom. The maximum absolute atomic E-state index is 5.83. The molecule has 2 fully saturated rings. The summed E-state index contributed by atoms with van der Waals surface area (Å²) in [7, 11) is 8.79. The fraction of sp³-hybridized carbons (Fsp3) is 0.522. The van der Waals surface area contributed by atoms with Crippen molar-refractivity contribution in [1.82, 2.24) is 58.7 Å². The van der Waals surface area contributed by atoms with E-state index in [1.807, 2.05) is 68.8 Å². The Morgan fingerprint density at radius 3 is 1.14 bits per heavy atom. The molecule has 0 radical (unpaired) electrons. The number of nitrogens with zero attached hydrogens (tertiary/aromatic N) is 12. The van der Waals surface area contributed by atoms with Crippen LogP contribution in [0.4, 0.5) is 0 Å². The van der Waals surface area contributed by atoms with Crippen LogP contribution in [-0.2, 0) is 39.3 Å². The Bertz CT molecular complexity index is 3940. The Kier molecular flexibility index (Phi) is 35.6. The second kappa shape index (κ2) is 45.0. The average molecular weight is 1470 g/mol. The minimum absolute atomic E-state index is 0.175. The van der Waals surface area contributed by atoms with Gasteiger partial charge >= 0.3 is 0 Å². The molecule has 0 spiro atoms. The van der Waals surface area contributed by atoms with Gasteiger partial charge in [0.05, 0.1) is 78.6 Å². The second-order valence-corrected chi connectivity index (χ2v) is 31.2. The lowest BCUT2D eigenvalue weighted by atomic mass is 10.1. The highest BCUT2D eigenvalue weighted by Gasteiger charge is 2.26. The molecule has 0 bridgehead atoms. The predicted octanol–water partition coefficient (Wildman–Crippen LogP) is 21.7. The van der Waals surface area contributed by atoms with Crippen LogP contribution in [0.3, 0.4) is 0 Å². The summed E-state index contributed by atoms with van der Waals surface area (Å²) in [6.07, 6.45) is 31.4. The third kappa shape index (κ3) is 27.7. The van der Waals surface area contributed by atoms with Gasteiger partial charge in [-0.2, -0.15) is 20.4 Å². The normalized spacial score (nSPS) is 13.3. The van der Waals surface area contributed by atoms with Crippen molar-refractivity contribution in [2.24, 2.45) is 0 Å². The topological polar surface area (TPSA) is 121 Å². The minimum Gasteiger partial charge on any atom is -0.491 e. The third-order valence-electron chi connectivity index (χ3n) is 19.6. The van der Waals surface area contributed by atoms with Crippen molar-refractivity contribution in [2.45, 2.75) is 262 Å². The Balaban J connectivity index is 0.000000182. The van der Waals surface area contributed by atoms with Crippen LogP contribution < -0.4 is 18.9 Å². The molecule has 2 aliphatic carbocycles. The van der Waals surface area contributed by atoms with Gasteiger partial charge in [0, 0.05) is 89.3 Å². The molecule has 16 nitrogen and oxygen atoms in total. The van der Waals surface area contributed by atoms with Crippen molar-refractivity contribution in [3.63, 3.8) is 0 Å². The molecule has 586 valence electrons. The van der Waals surface area contributed by atoms with Gasteiger partial charge in [0.2, 0.25) is 0 Å². The molecule has 0 atom stereocenters. The number of ether oxygens (including phenoxy) is 4. The van der Waals surface area contributed by atoms with Gasteiger partial charge < -0.3 is 38.5 Å². The monoisotopic (exact) mass is 1470 g/mol. The summed E-state index contributed by atoms with van der Waals surface area (Å²) < 4.78 is 31.7. The van der Waals surface area contributed by atoms with Crippen LogP contribution in [-0.4, -0.2) is 138 Å². The molecular formula is C92H134N12O4. The first kappa shape index (κ1) is 85.3. The highest BCUT2D eigenvalue weighted by Crippen LogP contribution is 2.38. The van der Waals surface area contributed by atoms with Gasteiger partial charge in [0.1, 0.15) is 23.0 Å². The smallest absolute Gasteiger partial charge is 0.119 e. The van der Waals surface area contributed by atoms with E-state index in [0.29, 0.717) is 12.1 Å². The van der Waals surface area contributed by atoms with Crippen molar-refractivity contribution in [3.05, 3.63) is 193 Å². The number of hydrogen-bond donors (Lipinski definition) is 0. The largest absolute Gasteiger partial charge is 0.491 e. The van der Waals surface area contributed by atoms with E-state index in [1.165, 1.54) is 147 Å². The lowest BCUT2D eigenvalue weighted by Crippen LogP contribution is -2.19. The molecule has 2 aliphatic rings. The molecule has 0 N–H and O–H groups in total. The summed E-state index contributed by atoms with van der Waals surface area (Å²) in [6, 6.07) is 45.1. The molecule has 4 aromatic heterocycles. The average Bonchev–Trinajstić information content (AvgIpc) is 1.62. The van der Waals surface area contributed by atoms with Crippen LogP contribution in [0.5, 0.6) is 23.0 Å². The molecule has 11 rings (SSSR count). The summed E-state index contributed by atoms with van der Waals surface area (Å²) in [6.45, 7) is 38.8. The van der Waals surface area contributed by atoms with Gasteiger partial charge in [-0.15, -0.1) is 6.58 Å². The number of allylic oxidation sites excluding steroid dienone is 1. The molecule has 108 heavy (non-hydrogen) atoms.